The maximum Gasteiger partial charge on any atom is 0.142 e. The minimum Gasteiger partial charge on any atom is -0.457 e. The van der Waals surface area contributed by atoms with Gasteiger partial charge in [-0.25, -0.2) is 9.67 Å². The summed E-state index contributed by atoms with van der Waals surface area (Å²) in [5.74, 6) is 1.53. The van der Waals surface area contributed by atoms with Gasteiger partial charge in [0, 0.05) is 10.6 Å². The molecule has 1 heterocycles. The molecule has 0 aliphatic heterocycles. The highest BCUT2D eigenvalue weighted by atomic mass is 35.5. The fourth-order valence-corrected chi connectivity index (χ4v) is 2.87. The SMILES string of the molecule is Clc1ccc(CON=C(Cn2cncn2)c2ccc(Oc3ccccc3)cc2)cc1. The summed E-state index contributed by atoms with van der Waals surface area (Å²) in [5.41, 5.74) is 2.61. The van der Waals surface area contributed by atoms with Crippen LogP contribution in [-0.4, -0.2) is 20.5 Å². The second-order valence-electron chi connectivity index (χ2n) is 6.47. The van der Waals surface area contributed by atoms with Crippen molar-refractivity contribution in [2.75, 3.05) is 0 Å². The molecule has 0 unspecified atom stereocenters. The molecule has 0 spiro atoms. The summed E-state index contributed by atoms with van der Waals surface area (Å²) in [6.45, 7) is 0.771. The lowest BCUT2D eigenvalue weighted by atomic mass is 10.1. The molecule has 4 rings (SSSR count). The number of hydrogen-bond acceptors (Lipinski definition) is 5. The predicted molar refractivity (Wildman–Crippen MR) is 116 cm³/mol. The van der Waals surface area contributed by atoms with Crippen molar-refractivity contribution in [2.45, 2.75) is 13.2 Å². The number of ether oxygens (including phenoxy) is 1. The lowest BCUT2D eigenvalue weighted by Gasteiger charge is -2.09. The number of rotatable bonds is 8. The van der Waals surface area contributed by atoms with Crippen LogP contribution in [0.3, 0.4) is 0 Å². The highest BCUT2D eigenvalue weighted by molar-refractivity contribution is 6.30. The highest BCUT2D eigenvalue weighted by Crippen LogP contribution is 2.21. The van der Waals surface area contributed by atoms with E-state index >= 15 is 0 Å². The van der Waals surface area contributed by atoms with Gasteiger partial charge in [0.25, 0.3) is 0 Å². The van der Waals surface area contributed by atoms with E-state index in [1.165, 1.54) is 6.33 Å². The topological polar surface area (TPSA) is 61.5 Å². The molecule has 150 valence electrons. The number of halogens is 1. The van der Waals surface area contributed by atoms with E-state index < -0.39 is 0 Å². The van der Waals surface area contributed by atoms with E-state index in [-0.39, 0.29) is 0 Å². The van der Waals surface area contributed by atoms with Gasteiger partial charge in [0.1, 0.15) is 36.5 Å². The lowest BCUT2D eigenvalue weighted by molar-refractivity contribution is 0.130. The molecule has 6 nitrogen and oxygen atoms in total. The van der Waals surface area contributed by atoms with Gasteiger partial charge >= 0.3 is 0 Å². The van der Waals surface area contributed by atoms with Crippen LogP contribution >= 0.6 is 11.6 Å². The van der Waals surface area contributed by atoms with Crippen molar-refractivity contribution in [3.8, 4) is 11.5 Å². The summed E-state index contributed by atoms with van der Waals surface area (Å²) < 4.78 is 7.55. The Hall–Kier alpha value is -3.64. The zero-order valence-electron chi connectivity index (χ0n) is 16.1. The van der Waals surface area contributed by atoms with Gasteiger partial charge in [-0.15, -0.1) is 0 Å². The second-order valence-corrected chi connectivity index (χ2v) is 6.91. The summed E-state index contributed by atoms with van der Waals surface area (Å²) in [6.07, 6.45) is 3.13. The van der Waals surface area contributed by atoms with Crippen LogP contribution in [0.5, 0.6) is 11.5 Å². The van der Waals surface area contributed by atoms with Gasteiger partial charge < -0.3 is 9.57 Å². The normalized spacial score (nSPS) is 11.3. The number of benzene rings is 3. The summed E-state index contributed by atoms with van der Waals surface area (Å²) >= 11 is 5.93. The van der Waals surface area contributed by atoms with Gasteiger partial charge in [0.15, 0.2) is 0 Å². The molecule has 0 aliphatic carbocycles. The van der Waals surface area contributed by atoms with Crippen LogP contribution in [0.4, 0.5) is 0 Å². The molecule has 3 aromatic carbocycles. The Morgan fingerprint density at radius 3 is 2.33 bits per heavy atom. The maximum atomic E-state index is 5.93. The molecule has 0 bridgehead atoms. The van der Waals surface area contributed by atoms with Crippen LogP contribution in [0.15, 0.2) is 96.7 Å². The number of aromatic nitrogens is 3. The monoisotopic (exact) mass is 418 g/mol. The molecule has 0 N–H and O–H groups in total. The number of nitrogens with zero attached hydrogens (tertiary/aromatic N) is 4. The second kappa shape index (κ2) is 9.71. The van der Waals surface area contributed by atoms with Crippen molar-refractivity contribution >= 4 is 17.3 Å². The molecule has 0 aliphatic rings. The van der Waals surface area contributed by atoms with E-state index in [1.807, 2.05) is 78.9 Å². The minimum atomic E-state index is 0.341. The Morgan fingerprint density at radius 2 is 1.63 bits per heavy atom. The predicted octanol–water partition coefficient (Wildman–Crippen LogP) is 5.34. The van der Waals surface area contributed by atoms with Crippen molar-refractivity contribution in [3.05, 3.63) is 108 Å². The third kappa shape index (κ3) is 5.46. The van der Waals surface area contributed by atoms with Crippen LogP contribution in [0.25, 0.3) is 0 Å². The van der Waals surface area contributed by atoms with Crippen molar-refractivity contribution in [1.82, 2.24) is 14.8 Å². The van der Waals surface area contributed by atoms with Crippen LogP contribution in [0.1, 0.15) is 11.1 Å². The molecule has 4 aromatic rings. The summed E-state index contributed by atoms with van der Waals surface area (Å²) in [6, 6.07) is 24.8. The fraction of sp³-hybridized carbons (Fsp3) is 0.0870. The quantitative estimate of drug-likeness (QED) is 0.286. The molecule has 0 saturated carbocycles. The third-order valence-electron chi connectivity index (χ3n) is 4.26. The first-order valence-electron chi connectivity index (χ1n) is 9.35. The van der Waals surface area contributed by atoms with E-state index in [0.29, 0.717) is 18.2 Å². The third-order valence-corrected chi connectivity index (χ3v) is 4.52. The van der Waals surface area contributed by atoms with Crippen molar-refractivity contribution < 1.29 is 9.57 Å². The van der Waals surface area contributed by atoms with Gasteiger partial charge in [-0.3, -0.25) is 0 Å². The molecule has 0 atom stereocenters. The average molecular weight is 419 g/mol. The van der Waals surface area contributed by atoms with Crippen LogP contribution in [0, 0.1) is 0 Å². The number of oxime groups is 1. The van der Waals surface area contributed by atoms with E-state index in [9.17, 15) is 0 Å². The molecule has 0 radical (unpaired) electrons. The van der Waals surface area contributed by atoms with E-state index in [4.69, 9.17) is 21.2 Å². The molecular weight excluding hydrogens is 400 g/mol. The largest absolute Gasteiger partial charge is 0.457 e. The highest BCUT2D eigenvalue weighted by Gasteiger charge is 2.08. The Kier molecular flexibility index (Phi) is 6.37. The summed E-state index contributed by atoms with van der Waals surface area (Å²) in [7, 11) is 0. The standard InChI is InChI=1S/C23H19ClN4O2/c24-20-10-6-18(7-11-20)15-29-27-23(14-28-17-25-16-26-28)19-8-12-22(13-9-19)30-21-4-2-1-3-5-21/h1-13,16-17H,14-15H2. The Balaban J connectivity index is 1.49. The van der Waals surface area contributed by atoms with Crippen LogP contribution in [0.2, 0.25) is 5.02 Å². The Bertz CT molecular complexity index is 1080. The van der Waals surface area contributed by atoms with Gasteiger partial charge in [-0.1, -0.05) is 47.1 Å². The van der Waals surface area contributed by atoms with Crippen molar-refractivity contribution in [2.24, 2.45) is 5.16 Å². The van der Waals surface area contributed by atoms with Gasteiger partial charge in [-0.2, -0.15) is 5.10 Å². The van der Waals surface area contributed by atoms with Gasteiger partial charge in [0.2, 0.25) is 0 Å². The van der Waals surface area contributed by atoms with Crippen molar-refractivity contribution in [3.63, 3.8) is 0 Å². The van der Waals surface area contributed by atoms with Gasteiger partial charge in [0.05, 0.1) is 6.54 Å². The Morgan fingerprint density at radius 1 is 0.900 bits per heavy atom. The molecule has 1 aromatic heterocycles. The van der Waals surface area contributed by atoms with Crippen LogP contribution < -0.4 is 4.74 Å². The molecule has 0 fully saturated rings. The van der Waals surface area contributed by atoms with E-state index in [0.717, 1.165) is 28.3 Å². The fourth-order valence-electron chi connectivity index (χ4n) is 2.75. The molecular formula is C23H19ClN4O2. The lowest BCUT2D eigenvalue weighted by Crippen LogP contribution is -2.13. The number of para-hydroxylation sites is 1. The molecule has 0 saturated heterocycles. The first kappa shape index (κ1) is 19.7. The maximum absolute atomic E-state index is 5.93. The molecule has 0 amide bonds. The van der Waals surface area contributed by atoms with Gasteiger partial charge in [-0.05, 0) is 54.1 Å². The Labute approximate surface area is 179 Å². The average Bonchev–Trinajstić information content (AvgIpc) is 3.29. The molecule has 7 heteroatoms. The minimum absolute atomic E-state index is 0.341. The zero-order valence-corrected chi connectivity index (χ0v) is 16.8. The summed E-state index contributed by atoms with van der Waals surface area (Å²) in [5, 5.41) is 9.20. The van der Waals surface area contributed by atoms with Crippen LogP contribution in [-0.2, 0) is 18.0 Å². The summed E-state index contributed by atoms with van der Waals surface area (Å²) in [4.78, 5) is 9.59. The smallest absolute Gasteiger partial charge is 0.142 e. The van der Waals surface area contributed by atoms with E-state index in [2.05, 4.69) is 15.2 Å². The first-order valence-corrected chi connectivity index (χ1v) is 9.73. The number of hydrogen-bond donors (Lipinski definition) is 0. The van der Waals surface area contributed by atoms with E-state index in [1.54, 1.807) is 11.0 Å². The zero-order chi connectivity index (χ0) is 20.6. The molecule has 30 heavy (non-hydrogen) atoms. The first-order chi connectivity index (χ1) is 14.8. The van der Waals surface area contributed by atoms with Crippen molar-refractivity contribution in [1.29, 1.82) is 0 Å².